The van der Waals surface area contributed by atoms with Crippen molar-refractivity contribution in [2.24, 2.45) is 0 Å². The lowest BCUT2D eigenvalue weighted by Crippen LogP contribution is -2.38. The van der Waals surface area contributed by atoms with Crippen LogP contribution in [0.1, 0.15) is 42.5 Å². The van der Waals surface area contributed by atoms with Gasteiger partial charge in [-0.2, -0.15) is 0 Å². The highest BCUT2D eigenvalue weighted by atomic mass is 32.2. The molecule has 6 nitrogen and oxygen atoms in total. The van der Waals surface area contributed by atoms with Crippen molar-refractivity contribution in [3.63, 3.8) is 0 Å². The molecule has 34 heavy (non-hydrogen) atoms. The first kappa shape index (κ1) is 24.1. The summed E-state index contributed by atoms with van der Waals surface area (Å²) in [6.45, 7) is 0.153. The molecule has 1 amide bonds. The lowest BCUT2D eigenvalue weighted by Gasteiger charge is -2.32. The summed E-state index contributed by atoms with van der Waals surface area (Å²) in [5.41, 5.74) is -0.370. The fourth-order valence-electron chi connectivity index (χ4n) is 4.34. The number of hydrogen-bond donors (Lipinski definition) is 1. The summed E-state index contributed by atoms with van der Waals surface area (Å²) in [5.74, 6) is -6.14. The summed E-state index contributed by atoms with van der Waals surface area (Å²) in [5, 5.41) is 2.33. The van der Waals surface area contributed by atoms with E-state index in [1.165, 1.54) is 41.8 Å². The number of allylic oxidation sites excluding steroid dienone is 1. The Kier molecular flexibility index (Phi) is 6.88. The molecule has 0 saturated heterocycles. The minimum Gasteiger partial charge on any atom is -0.497 e. The number of carbonyl (C=O) groups is 1. The summed E-state index contributed by atoms with van der Waals surface area (Å²) in [6.07, 6.45) is 6.64. The zero-order valence-electron chi connectivity index (χ0n) is 18.7. The predicted molar refractivity (Wildman–Crippen MR) is 123 cm³/mol. The molecule has 1 aliphatic carbocycles. The van der Waals surface area contributed by atoms with Crippen LogP contribution >= 0.6 is 0 Å². The normalized spacial score (nSPS) is 17.1. The molecule has 4 rings (SSSR count). The Hall–Kier alpha value is -3.01. The van der Waals surface area contributed by atoms with Crippen LogP contribution in [-0.2, 0) is 9.84 Å². The number of anilines is 2. The first-order chi connectivity index (χ1) is 16.2. The zero-order valence-corrected chi connectivity index (χ0v) is 19.5. The van der Waals surface area contributed by atoms with Crippen molar-refractivity contribution in [2.45, 2.75) is 37.0 Å². The third-order valence-corrected chi connectivity index (χ3v) is 7.89. The number of amides is 1. The Morgan fingerprint density at radius 1 is 1.09 bits per heavy atom. The predicted octanol–water partition coefficient (Wildman–Crippen LogP) is 4.85. The molecule has 0 fully saturated rings. The Balaban J connectivity index is 1.72. The van der Waals surface area contributed by atoms with E-state index in [9.17, 15) is 17.6 Å². The number of sulfone groups is 1. The zero-order chi connectivity index (χ0) is 24.5. The molecule has 1 N–H and O–H groups in total. The van der Waals surface area contributed by atoms with Crippen LogP contribution in [0.15, 0.2) is 40.8 Å². The van der Waals surface area contributed by atoms with Crippen molar-refractivity contribution in [2.75, 3.05) is 36.2 Å². The Morgan fingerprint density at radius 2 is 1.82 bits per heavy atom. The van der Waals surface area contributed by atoms with Crippen LogP contribution in [-0.4, -0.2) is 40.3 Å². The molecule has 1 heterocycles. The van der Waals surface area contributed by atoms with Crippen molar-refractivity contribution in [1.29, 1.82) is 0 Å². The lowest BCUT2D eigenvalue weighted by atomic mass is 9.97. The van der Waals surface area contributed by atoms with Gasteiger partial charge in [-0.05, 0) is 56.4 Å². The van der Waals surface area contributed by atoms with Gasteiger partial charge < -0.3 is 15.0 Å². The molecule has 0 aromatic heterocycles. The number of methoxy groups -OCH3 is 1. The van der Waals surface area contributed by atoms with Crippen LogP contribution in [0.5, 0.6) is 5.75 Å². The van der Waals surface area contributed by atoms with Crippen molar-refractivity contribution in [1.82, 2.24) is 0 Å². The molecule has 2 aliphatic rings. The Morgan fingerprint density at radius 3 is 2.47 bits per heavy atom. The van der Waals surface area contributed by atoms with Crippen molar-refractivity contribution >= 4 is 27.1 Å². The summed E-state index contributed by atoms with van der Waals surface area (Å²) < 4.78 is 75.7. The van der Waals surface area contributed by atoms with Crippen LogP contribution in [0.4, 0.5) is 24.5 Å². The van der Waals surface area contributed by atoms with E-state index in [1.807, 2.05) is 0 Å². The molecule has 2 aromatic rings. The van der Waals surface area contributed by atoms with Gasteiger partial charge in [0.15, 0.2) is 27.3 Å². The molecule has 0 radical (unpaired) electrons. The maximum absolute atomic E-state index is 15.6. The molecule has 0 spiro atoms. The van der Waals surface area contributed by atoms with Crippen molar-refractivity contribution < 1.29 is 31.1 Å². The lowest BCUT2D eigenvalue weighted by molar-refractivity contribution is 0.101. The van der Waals surface area contributed by atoms with Crippen LogP contribution in [0.3, 0.4) is 0 Å². The first-order valence-corrected chi connectivity index (χ1v) is 12.7. The van der Waals surface area contributed by atoms with Gasteiger partial charge in [-0.25, -0.2) is 21.6 Å². The molecule has 0 bridgehead atoms. The SMILES string of the molecule is COc1ccc(NC(=O)c2c(F)c(F)c3c(c2F)N(CCC2=CCCCC2)CCS3(=O)=O)cc1. The minimum atomic E-state index is -4.26. The Bertz CT molecular complexity index is 1240. The second kappa shape index (κ2) is 9.69. The Labute approximate surface area is 196 Å². The maximum atomic E-state index is 15.6. The molecule has 10 heteroatoms. The van der Waals surface area contributed by atoms with Crippen LogP contribution in [0.2, 0.25) is 0 Å². The van der Waals surface area contributed by atoms with E-state index in [1.54, 1.807) is 0 Å². The van der Waals surface area contributed by atoms with E-state index in [4.69, 9.17) is 4.74 Å². The first-order valence-electron chi connectivity index (χ1n) is 11.0. The smallest absolute Gasteiger partial charge is 0.261 e. The third-order valence-electron chi connectivity index (χ3n) is 6.17. The second-order valence-electron chi connectivity index (χ2n) is 8.34. The molecule has 1 aliphatic heterocycles. The summed E-state index contributed by atoms with van der Waals surface area (Å²) in [7, 11) is -2.80. The van der Waals surface area contributed by atoms with Crippen molar-refractivity contribution in [3.05, 3.63) is 58.9 Å². The van der Waals surface area contributed by atoms with Gasteiger partial charge in [0.1, 0.15) is 16.2 Å². The van der Waals surface area contributed by atoms with E-state index in [2.05, 4.69) is 11.4 Å². The number of fused-ring (bicyclic) bond motifs is 1. The third kappa shape index (κ3) is 4.64. The van der Waals surface area contributed by atoms with Gasteiger partial charge in [-0.15, -0.1) is 0 Å². The average molecular weight is 495 g/mol. The van der Waals surface area contributed by atoms with Crippen LogP contribution in [0, 0.1) is 17.5 Å². The molecule has 182 valence electrons. The maximum Gasteiger partial charge on any atom is 0.261 e. The van der Waals surface area contributed by atoms with Gasteiger partial charge in [0, 0.05) is 18.8 Å². The quantitative estimate of drug-likeness (QED) is 0.459. The molecule has 0 unspecified atom stereocenters. The minimum absolute atomic E-state index is 0.0792. The number of benzene rings is 2. The van der Waals surface area contributed by atoms with E-state index in [-0.39, 0.29) is 18.8 Å². The second-order valence-corrected chi connectivity index (χ2v) is 10.4. The van der Waals surface area contributed by atoms with E-state index < -0.39 is 55.1 Å². The van der Waals surface area contributed by atoms with Crippen LogP contribution < -0.4 is 15.0 Å². The molecular weight excluding hydrogens is 469 g/mol. The highest BCUT2D eigenvalue weighted by Gasteiger charge is 2.40. The number of halogens is 3. The summed E-state index contributed by atoms with van der Waals surface area (Å²) in [4.78, 5) is 13.1. The number of carbonyl (C=O) groups excluding carboxylic acids is 1. The van der Waals surface area contributed by atoms with E-state index >= 15 is 8.78 Å². The van der Waals surface area contributed by atoms with Gasteiger partial charge in [0.25, 0.3) is 5.91 Å². The fourth-order valence-corrected chi connectivity index (χ4v) is 5.88. The van der Waals surface area contributed by atoms with Crippen molar-refractivity contribution in [3.8, 4) is 5.75 Å². The van der Waals surface area contributed by atoms with E-state index in [0.717, 1.165) is 25.7 Å². The van der Waals surface area contributed by atoms with Crippen LogP contribution in [0.25, 0.3) is 0 Å². The van der Waals surface area contributed by atoms with E-state index in [0.29, 0.717) is 12.2 Å². The summed E-state index contributed by atoms with van der Waals surface area (Å²) in [6, 6.07) is 5.97. The number of nitrogens with one attached hydrogen (secondary N) is 1. The highest BCUT2D eigenvalue weighted by Crippen LogP contribution is 2.39. The summed E-state index contributed by atoms with van der Waals surface area (Å²) >= 11 is 0. The number of nitrogens with zero attached hydrogens (tertiary/aromatic N) is 1. The average Bonchev–Trinajstić information content (AvgIpc) is 2.82. The van der Waals surface area contributed by atoms with Gasteiger partial charge in [-0.3, -0.25) is 4.79 Å². The van der Waals surface area contributed by atoms with Gasteiger partial charge in [0.05, 0.1) is 18.6 Å². The number of rotatable bonds is 6. The largest absolute Gasteiger partial charge is 0.497 e. The molecule has 0 atom stereocenters. The van der Waals surface area contributed by atoms with Gasteiger partial charge in [0.2, 0.25) is 0 Å². The molecule has 2 aromatic carbocycles. The number of hydrogen-bond acceptors (Lipinski definition) is 5. The highest BCUT2D eigenvalue weighted by molar-refractivity contribution is 7.91. The fraction of sp³-hybridized carbons (Fsp3) is 0.375. The number of ether oxygens (including phenoxy) is 1. The topological polar surface area (TPSA) is 75.7 Å². The van der Waals surface area contributed by atoms with Gasteiger partial charge >= 0.3 is 0 Å². The molecular formula is C24H25F3N2O4S. The van der Waals surface area contributed by atoms with Gasteiger partial charge in [-0.1, -0.05) is 11.6 Å². The molecule has 0 saturated carbocycles. The monoisotopic (exact) mass is 494 g/mol. The standard InChI is InChI=1S/C24H25F3N2O4S/c1-33-17-9-7-16(8-10-17)28-24(30)18-19(25)21(27)23-22(20(18)26)29(13-14-34(23,31)32)12-11-15-5-3-2-4-6-15/h5,7-10H,2-4,6,11-14H2,1H3,(H,28,30).